The molecule has 0 amide bonds. The molecule has 0 aromatic heterocycles. The summed E-state index contributed by atoms with van der Waals surface area (Å²) in [6.07, 6.45) is 4.31. The molecule has 0 fully saturated rings. The third-order valence-electron chi connectivity index (χ3n) is 3.38. The SMILES string of the molecule is CCCCCCOC(=O)CCC(=O)OCc1ccccc1OC. The number of unbranched alkanes of at least 4 members (excludes halogenated alkanes) is 3. The van der Waals surface area contributed by atoms with Crippen molar-refractivity contribution in [2.75, 3.05) is 13.7 Å². The monoisotopic (exact) mass is 322 g/mol. The summed E-state index contributed by atoms with van der Waals surface area (Å²) in [5.41, 5.74) is 0.793. The average Bonchev–Trinajstić information content (AvgIpc) is 2.58. The predicted octanol–water partition coefficient (Wildman–Crippen LogP) is 3.64. The van der Waals surface area contributed by atoms with Crippen molar-refractivity contribution in [3.63, 3.8) is 0 Å². The Labute approximate surface area is 137 Å². The molecule has 0 saturated heterocycles. The number of benzene rings is 1. The van der Waals surface area contributed by atoms with E-state index in [2.05, 4.69) is 6.92 Å². The molecule has 0 aliphatic carbocycles. The molecule has 0 radical (unpaired) electrons. The average molecular weight is 322 g/mol. The summed E-state index contributed by atoms with van der Waals surface area (Å²) in [6, 6.07) is 7.33. The molecule has 0 N–H and O–H groups in total. The largest absolute Gasteiger partial charge is 0.496 e. The zero-order valence-corrected chi connectivity index (χ0v) is 14.0. The Morgan fingerprint density at radius 1 is 0.957 bits per heavy atom. The van der Waals surface area contributed by atoms with E-state index in [1.807, 2.05) is 18.2 Å². The second-order valence-electron chi connectivity index (χ2n) is 5.25. The molecule has 0 atom stereocenters. The highest BCUT2D eigenvalue weighted by Gasteiger charge is 2.10. The van der Waals surface area contributed by atoms with Gasteiger partial charge < -0.3 is 14.2 Å². The number of para-hydroxylation sites is 1. The molecule has 1 aromatic carbocycles. The summed E-state index contributed by atoms with van der Waals surface area (Å²) >= 11 is 0. The van der Waals surface area contributed by atoms with E-state index >= 15 is 0 Å². The van der Waals surface area contributed by atoms with Gasteiger partial charge in [-0.2, -0.15) is 0 Å². The highest BCUT2D eigenvalue weighted by molar-refractivity contribution is 5.77. The van der Waals surface area contributed by atoms with Crippen LogP contribution in [0.1, 0.15) is 51.0 Å². The Bertz CT molecular complexity index is 484. The van der Waals surface area contributed by atoms with Gasteiger partial charge in [0, 0.05) is 5.56 Å². The number of rotatable bonds is 11. The Morgan fingerprint density at radius 2 is 1.65 bits per heavy atom. The first kappa shape index (κ1) is 19.0. The fraction of sp³-hybridized carbons (Fsp3) is 0.556. The van der Waals surface area contributed by atoms with E-state index in [1.165, 1.54) is 0 Å². The Morgan fingerprint density at radius 3 is 2.35 bits per heavy atom. The lowest BCUT2D eigenvalue weighted by atomic mass is 10.2. The molecule has 0 heterocycles. The molecular weight excluding hydrogens is 296 g/mol. The van der Waals surface area contributed by atoms with Crippen LogP contribution in [0.3, 0.4) is 0 Å². The fourth-order valence-electron chi connectivity index (χ4n) is 2.04. The van der Waals surface area contributed by atoms with E-state index in [4.69, 9.17) is 14.2 Å². The van der Waals surface area contributed by atoms with Crippen LogP contribution in [-0.4, -0.2) is 25.7 Å². The van der Waals surface area contributed by atoms with Crippen LogP contribution in [0.4, 0.5) is 0 Å². The van der Waals surface area contributed by atoms with Gasteiger partial charge in [-0.15, -0.1) is 0 Å². The molecule has 0 spiro atoms. The van der Waals surface area contributed by atoms with Crippen LogP contribution in [0, 0.1) is 0 Å². The minimum atomic E-state index is -0.418. The minimum Gasteiger partial charge on any atom is -0.496 e. The van der Waals surface area contributed by atoms with Crippen LogP contribution in [0.2, 0.25) is 0 Å². The van der Waals surface area contributed by atoms with E-state index in [0.717, 1.165) is 31.2 Å². The first-order valence-electron chi connectivity index (χ1n) is 8.10. The van der Waals surface area contributed by atoms with Gasteiger partial charge in [-0.1, -0.05) is 44.4 Å². The van der Waals surface area contributed by atoms with E-state index in [0.29, 0.717) is 12.4 Å². The Kier molecular flexibility index (Phi) is 9.52. The molecule has 5 heteroatoms. The lowest BCUT2D eigenvalue weighted by molar-refractivity contribution is -0.151. The van der Waals surface area contributed by atoms with E-state index in [-0.39, 0.29) is 25.4 Å². The number of hydrogen-bond acceptors (Lipinski definition) is 5. The highest BCUT2D eigenvalue weighted by atomic mass is 16.5. The normalized spacial score (nSPS) is 10.2. The third-order valence-corrected chi connectivity index (χ3v) is 3.38. The summed E-state index contributed by atoms with van der Waals surface area (Å²) < 4.78 is 15.4. The molecule has 128 valence electrons. The molecule has 0 bridgehead atoms. The standard InChI is InChI=1S/C18H26O5/c1-3-4-5-8-13-22-17(19)11-12-18(20)23-14-15-9-6-7-10-16(15)21-2/h6-7,9-10H,3-5,8,11-14H2,1-2H3. The van der Waals surface area contributed by atoms with Gasteiger partial charge in [0.25, 0.3) is 0 Å². The minimum absolute atomic E-state index is 0.0307. The van der Waals surface area contributed by atoms with Crippen molar-refractivity contribution in [2.45, 2.75) is 52.1 Å². The van der Waals surface area contributed by atoms with Crippen molar-refractivity contribution >= 4 is 11.9 Å². The molecule has 0 unspecified atom stereocenters. The van der Waals surface area contributed by atoms with Crippen LogP contribution in [-0.2, 0) is 25.7 Å². The molecule has 0 aliphatic heterocycles. The van der Waals surface area contributed by atoms with Crippen molar-refractivity contribution in [1.82, 2.24) is 0 Å². The Hall–Kier alpha value is -2.04. The maximum absolute atomic E-state index is 11.7. The molecule has 0 aliphatic rings. The van der Waals surface area contributed by atoms with Gasteiger partial charge in [-0.05, 0) is 12.5 Å². The summed E-state index contributed by atoms with van der Waals surface area (Å²) in [5, 5.41) is 0. The second kappa shape index (κ2) is 11.5. The molecule has 5 nitrogen and oxygen atoms in total. The van der Waals surface area contributed by atoms with Gasteiger partial charge in [-0.25, -0.2) is 0 Å². The third kappa shape index (κ3) is 8.24. The number of carbonyl (C=O) groups excluding carboxylic acids is 2. The van der Waals surface area contributed by atoms with Crippen molar-refractivity contribution in [3.05, 3.63) is 29.8 Å². The van der Waals surface area contributed by atoms with Crippen molar-refractivity contribution < 1.29 is 23.8 Å². The lowest BCUT2D eigenvalue weighted by Crippen LogP contribution is -2.11. The smallest absolute Gasteiger partial charge is 0.306 e. The van der Waals surface area contributed by atoms with Crippen LogP contribution in [0.5, 0.6) is 5.75 Å². The highest BCUT2D eigenvalue weighted by Crippen LogP contribution is 2.18. The van der Waals surface area contributed by atoms with Crippen LogP contribution < -0.4 is 4.74 Å². The first-order chi connectivity index (χ1) is 11.2. The van der Waals surface area contributed by atoms with Crippen LogP contribution >= 0.6 is 0 Å². The fourth-order valence-corrected chi connectivity index (χ4v) is 2.04. The number of ether oxygens (including phenoxy) is 3. The molecule has 23 heavy (non-hydrogen) atoms. The molecule has 1 aromatic rings. The Balaban J connectivity index is 2.17. The van der Waals surface area contributed by atoms with Crippen LogP contribution in [0.15, 0.2) is 24.3 Å². The summed E-state index contributed by atoms with van der Waals surface area (Å²) in [7, 11) is 1.57. The number of methoxy groups -OCH3 is 1. The van der Waals surface area contributed by atoms with Crippen LogP contribution in [0.25, 0.3) is 0 Å². The van der Waals surface area contributed by atoms with Gasteiger partial charge in [0.15, 0.2) is 0 Å². The van der Waals surface area contributed by atoms with Gasteiger partial charge >= 0.3 is 11.9 Å². The van der Waals surface area contributed by atoms with Gasteiger partial charge in [-0.3, -0.25) is 9.59 Å². The van der Waals surface area contributed by atoms with E-state index < -0.39 is 5.97 Å². The van der Waals surface area contributed by atoms with Crippen molar-refractivity contribution in [2.24, 2.45) is 0 Å². The van der Waals surface area contributed by atoms with Crippen molar-refractivity contribution in [1.29, 1.82) is 0 Å². The topological polar surface area (TPSA) is 61.8 Å². The van der Waals surface area contributed by atoms with E-state index in [1.54, 1.807) is 13.2 Å². The summed E-state index contributed by atoms with van der Waals surface area (Å²) in [6.45, 7) is 2.69. The second-order valence-corrected chi connectivity index (χ2v) is 5.25. The quantitative estimate of drug-likeness (QED) is 0.460. The summed E-state index contributed by atoms with van der Waals surface area (Å²) in [5.74, 6) is -0.0960. The zero-order chi connectivity index (χ0) is 16.9. The van der Waals surface area contributed by atoms with Crippen molar-refractivity contribution in [3.8, 4) is 5.75 Å². The predicted molar refractivity (Wildman–Crippen MR) is 87.1 cm³/mol. The maximum atomic E-state index is 11.7. The van der Waals surface area contributed by atoms with E-state index in [9.17, 15) is 9.59 Å². The molecular formula is C18H26O5. The maximum Gasteiger partial charge on any atom is 0.306 e. The number of esters is 2. The van der Waals surface area contributed by atoms with Gasteiger partial charge in [0.05, 0.1) is 26.6 Å². The first-order valence-corrected chi connectivity index (χ1v) is 8.10. The summed E-state index contributed by atoms with van der Waals surface area (Å²) in [4.78, 5) is 23.2. The number of carbonyl (C=O) groups is 2. The number of hydrogen-bond donors (Lipinski definition) is 0. The molecule has 0 saturated carbocycles. The lowest BCUT2D eigenvalue weighted by Gasteiger charge is -2.09. The molecule has 1 rings (SSSR count). The van der Waals surface area contributed by atoms with Gasteiger partial charge in [0.1, 0.15) is 12.4 Å². The zero-order valence-electron chi connectivity index (χ0n) is 14.0. The van der Waals surface area contributed by atoms with Gasteiger partial charge in [0.2, 0.25) is 0 Å².